The van der Waals surface area contributed by atoms with E-state index >= 15 is 0 Å². The summed E-state index contributed by atoms with van der Waals surface area (Å²) >= 11 is 0. The summed E-state index contributed by atoms with van der Waals surface area (Å²) < 4.78 is 0. The Balaban J connectivity index is 1.82. The number of carbonyl (C=O) groups excluding carboxylic acids is 1. The number of rotatable bonds is 2. The number of β-amino-alcohol motifs (C(OH)–C–C–N with tert-alkyl or cyclic N) is 1. The Morgan fingerprint density at radius 1 is 1.25 bits per heavy atom. The summed E-state index contributed by atoms with van der Waals surface area (Å²) in [4.78, 5) is 11.8. The van der Waals surface area contributed by atoms with Gasteiger partial charge in [-0.3, -0.25) is 4.79 Å². The van der Waals surface area contributed by atoms with Crippen LogP contribution in [-0.2, 0) is 4.79 Å². The molecular weight excluding hydrogens is 208 g/mol. The number of aliphatic hydroxyl groups is 2. The molecule has 4 N–H and O–H groups in total. The summed E-state index contributed by atoms with van der Waals surface area (Å²) in [5.74, 6) is -0.0949. The van der Waals surface area contributed by atoms with Gasteiger partial charge in [0.15, 0.2) is 0 Å². The molecule has 1 saturated carbocycles. The van der Waals surface area contributed by atoms with E-state index in [1.807, 2.05) is 0 Å². The highest BCUT2D eigenvalue weighted by atomic mass is 16.3. The molecule has 5 heteroatoms. The van der Waals surface area contributed by atoms with Gasteiger partial charge in [-0.2, -0.15) is 0 Å². The third kappa shape index (κ3) is 2.72. The van der Waals surface area contributed by atoms with E-state index in [0.717, 1.165) is 25.7 Å². The first kappa shape index (κ1) is 11.8. The lowest BCUT2D eigenvalue weighted by molar-refractivity contribution is -0.124. The van der Waals surface area contributed by atoms with E-state index in [1.165, 1.54) is 0 Å². The van der Waals surface area contributed by atoms with Crippen LogP contribution >= 0.6 is 0 Å². The molecule has 2 fully saturated rings. The van der Waals surface area contributed by atoms with Gasteiger partial charge in [0.25, 0.3) is 0 Å². The fourth-order valence-corrected chi connectivity index (χ4v) is 2.48. The summed E-state index contributed by atoms with van der Waals surface area (Å²) in [5, 5.41) is 24.9. The third-order valence-corrected chi connectivity index (χ3v) is 3.48. The van der Waals surface area contributed by atoms with Gasteiger partial charge in [-0.15, -0.1) is 0 Å². The van der Waals surface area contributed by atoms with Crippen molar-refractivity contribution in [3.63, 3.8) is 0 Å². The molecule has 2 aliphatic rings. The predicted octanol–water partition coefficient (Wildman–Crippen LogP) is -0.871. The van der Waals surface area contributed by atoms with Crippen LogP contribution in [0.5, 0.6) is 0 Å². The standard InChI is InChI=1S/C11H20N2O3/c14-7-5-9(12-6-7)11(16)13-8-3-1-2-4-10(8)15/h7-10,12,14-15H,1-6H2,(H,13,16)/t7?,8-,9?,10-/m1/s1. The maximum Gasteiger partial charge on any atom is 0.237 e. The molecule has 1 aliphatic heterocycles. The van der Waals surface area contributed by atoms with Gasteiger partial charge in [-0.25, -0.2) is 0 Å². The Bertz CT molecular complexity index is 260. The number of aliphatic hydroxyl groups excluding tert-OH is 2. The second-order valence-corrected chi connectivity index (χ2v) is 4.82. The summed E-state index contributed by atoms with van der Waals surface area (Å²) in [6, 6.07) is -0.412. The van der Waals surface area contributed by atoms with Crippen molar-refractivity contribution in [1.29, 1.82) is 0 Å². The van der Waals surface area contributed by atoms with Crippen LogP contribution in [0.3, 0.4) is 0 Å². The van der Waals surface area contributed by atoms with Crippen molar-refractivity contribution >= 4 is 5.91 Å². The minimum atomic E-state index is -0.424. The molecule has 0 aromatic heterocycles. The van der Waals surface area contributed by atoms with Gasteiger partial charge in [0.1, 0.15) is 0 Å². The molecule has 1 heterocycles. The molecule has 5 nitrogen and oxygen atoms in total. The number of nitrogens with one attached hydrogen (secondary N) is 2. The Morgan fingerprint density at radius 2 is 2.00 bits per heavy atom. The quantitative estimate of drug-likeness (QED) is 0.495. The van der Waals surface area contributed by atoms with Crippen molar-refractivity contribution in [3.8, 4) is 0 Å². The fourth-order valence-electron chi connectivity index (χ4n) is 2.48. The van der Waals surface area contributed by atoms with Crippen LogP contribution < -0.4 is 10.6 Å². The Kier molecular flexibility index (Phi) is 3.78. The smallest absolute Gasteiger partial charge is 0.237 e. The second-order valence-electron chi connectivity index (χ2n) is 4.82. The summed E-state index contributed by atoms with van der Waals surface area (Å²) in [6.07, 6.45) is 3.34. The van der Waals surface area contributed by atoms with Crippen molar-refractivity contribution in [2.75, 3.05) is 6.54 Å². The van der Waals surface area contributed by atoms with Crippen molar-refractivity contribution in [3.05, 3.63) is 0 Å². The molecule has 0 spiro atoms. The minimum absolute atomic E-state index is 0.0949. The molecular formula is C11H20N2O3. The van der Waals surface area contributed by atoms with Gasteiger partial charge in [0.05, 0.1) is 24.3 Å². The molecule has 1 amide bonds. The monoisotopic (exact) mass is 228 g/mol. The first-order valence-electron chi connectivity index (χ1n) is 6.06. The molecule has 4 atom stereocenters. The second kappa shape index (κ2) is 5.12. The van der Waals surface area contributed by atoms with Gasteiger partial charge < -0.3 is 20.8 Å². The van der Waals surface area contributed by atoms with E-state index in [1.54, 1.807) is 0 Å². The zero-order chi connectivity index (χ0) is 11.5. The fraction of sp³-hybridized carbons (Fsp3) is 0.909. The number of amides is 1. The molecule has 16 heavy (non-hydrogen) atoms. The molecule has 0 radical (unpaired) electrons. The first-order chi connectivity index (χ1) is 7.66. The van der Waals surface area contributed by atoms with Crippen molar-refractivity contribution < 1.29 is 15.0 Å². The van der Waals surface area contributed by atoms with Crippen molar-refractivity contribution in [2.45, 2.75) is 56.4 Å². The van der Waals surface area contributed by atoms with Crippen LogP contribution in [0.4, 0.5) is 0 Å². The van der Waals surface area contributed by atoms with Crippen LogP contribution in [0.25, 0.3) is 0 Å². The Labute approximate surface area is 95.2 Å². The highest BCUT2D eigenvalue weighted by molar-refractivity contribution is 5.82. The zero-order valence-electron chi connectivity index (χ0n) is 9.35. The Hall–Kier alpha value is -0.650. The number of hydrogen-bond acceptors (Lipinski definition) is 4. The van der Waals surface area contributed by atoms with E-state index < -0.39 is 12.2 Å². The zero-order valence-corrected chi connectivity index (χ0v) is 9.35. The number of carbonyl (C=O) groups is 1. The van der Waals surface area contributed by atoms with Gasteiger partial charge in [0.2, 0.25) is 5.91 Å². The van der Waals surface area contributed by atoms with Gasteiger partial charge in [-0.05, 0) is 19.3 Å². The molecule has 2 unspecified atom stereocenters. The summed E-state index contributed by atoms with van der Waals surface area (Å²) in [5.41, 5.74) is 0. The molecule has 1 aliphatic carbocycles. The average Bonchev–Trinajstić information content (AvgIpc) is 2.68. The summed E-state index contributed by atoms with van der Waals surface area (Å²) in [6.45, 7) is 0.477. The maximum atomic E-state index is 11.8. The highest BCUT2D eigenvalue weighted by Crippen LogP contribution is 2.18. The lowest BCUT2D eigenvalue weighted by Gasteiger charge is -2.29. The third-order valence-electron chi connectivity index (χ3n) is 3.48. The van der Waals surface area contributed by atoms with Crippen LogP contribution in [0, 0.1) is 0 Å². The predicted molar refractivity (Wildman–Crippen MR) is 58.8 cm³/mol. The molecule has 0 aromatic rings. The largest absolute Gasteiger partial charge is 0.392 e. The van der Waals surface area contributed by atoms with E-state index in [4.69, 9.17) is 0 Å². The topological polar surface area (TPSA) is 81.6 Å². The van der Waals surface area contributed by atoms with E-state index in [9.17, 15) is 15.0 Å². The van der Waals surface area contributed by atoms with E-state index in [-0.39, 0.29) is 18.0 Å². The Morgan fingerprint density at radius 3 is 2.62 bits per heavy atom. The first-order valence-corrected chi connectivity index (χ1v) is 6.06. The molecule has 0 bridgehead atoms. The minimum Gasteiger partial charge on any atom is -0.392 e. The van der Waals surface area contributed by atoms with E-state index in [2.05, 4.69) is 10.6 Å². The normalized spacial score (nSPS) is 39.6. The van der Waals surface area contributed by atoms with Gasteiger partial charge >= 0.3 is 0 Å². The average molecular weight is 228 g/mol. The molecule has 2 rings (SSSR count). The van der Waals surface area contributed by atoms with Crippen molar-refractivity contribution in [1.82, 2.24) is 10.6 Å². The van der Waals surface area contributed by atoms with E-state index in [0.29, 0.717) is 13.0 Å². The lowest BCUT2D eigenvalue weighted by atomic mass is 9.92. The van der Waals surface area contributed by atoms with Crippen molar-refractivity contribution in [2.24, 2.45) is 0 Å². The van der Waals surface area contributed by atoms with Crippen LogP contribution in [0.2, 0.25) is 0 Å². The SMILES string of the molecule is O=C(N[C@@H]1CCCC[C@H]1O)C1CC(O)CN1. The van der Waals surface area contributed by atoms with Crippen LogP contribution in [0.1, 0.15) is 32.1 Å². The molecule has 1 saturated heterocycles. The highest BCUT2D eigenvalue weighted by Gasteiger charge is 2.31. The molecule has 92 valence electrons. The van der Waals surface area contributed by atoms with Crippen LogP contribution in [0.15, 0.2) is 0 Å². The molecule has 0 aromatic carbocycles. The maximum absolute atomic E-state index is 11.8. The lowest BCUT2D eigenvalue weighted by Crippen LogP contribution is -2.50. The number of hydrogen-bond donors (Lipinski definition) is 4. The van der Waals surface area contributed by atoms with Crippen LogP contribution in [-0.4, -0.2) is 47.0 Å². The van der Waals surface area contributed by atoms with Gasteiger partial charge in [-0.1, -0.05) is 12.8 Å². The summed E-state index contributed by atoms with van der Waals surface area (Å²) in [7, 11) is 0. The van der Waals surface area contributed by atoms with Gasteiger partial charge in [0, 0.05) is 6.54 Å².